The van der Waals surface area contributed by atoms with Gasteiger partial charge in [-0.25, -0.2) is 4.68 Å². The van der Waals surface area contributed by atoms with Crippen molar-refractivity contribution in [1.82, 2.24) is 14.7 Å². The molecule has 1 fully saturated rings. The predicted octanol–water partition coefficient (Wildman–Crippen LogP) is 4.55. The number of hydrogen-bond donors (Lipinski definition) is 1. The Morgan fingerprint density at radius 2 is 1.94 bits per heavy atom. The number of amides is 3. The van der Waals surface area contributed by atoms with Crippen LogP contribution in [0, 0.1) is 6.92 Å². The van der Waals surface area contributed by atoms with Gasteiger partial charge in [0.05, 0.1) is 22.6 Å². The van der Waals surface area contributed by atoms with Gasteiger partial charge in [0.25, 0.3) is 5.91 Å². The third-order valence-electron chi connectivity index (χ3n) is 6.68. The summed E-state index contributed by atoms with van der Waals surface area (Å²) in [5.74, 6) is 0.281. The number of nitrogens with one attached hydrogen (secondary N) is 1. The first-order valence-corrected chi connectivity index (χ1v) is 12.0. The standard InChI is InChI=1S/C26H26ClN5O3/c1-17-15-22(32(29-17)19-8-5-7-18(27)16-19)28-23(33)11-6-14-30-25(35)20-9-3-4-10-21(20)31-24(34)12-13-26(30,31)2/h3-5,7-10,15-16H,6,11-14H2,1-2H3,(H,28,33). The van der Waals surface area contributed by atoms with Crippen LogP contribution in [0.1, 0.15) is 48.7 Å². The van der Waals surface area contributed by atoms with Crippen molar-refractivity contribution in [1.29, 1.82) is 0 Å². The lowest BCUT2D eigenvalue weighted by atomic mass is 9.98. The van der Waals surface area contributed by atoms with Gasteiger partial charge in [0.2, 0.25) is 11.8 Å². The van der Waals surface area contributed by atoms with Gasteiger partial charge in [-0.2, -0.15) is 5.10 Å². The van der Waals surface area contributed by atoms with Gasteiger partial charge in [-0.05, 0) is 57.0 Å². The second kappa shape index (κ2) is 8.85. The maximum Gasteiger partial charge on any atom is 0.257 e. The quantitative estimate of drug-likeness (QED) is 0.548. The number of benzene rings is 2. The molecule has 8 nitrogen and oxygen atoms in total. The van der Waals surface area contributed by atoms with Crippen molar-refractivity contribution in [2.45, 2.75) is 45.2 Å². The molecule has 1 N–H and O–H groups in total. The number of carbonyl (C=O) groups is 3. The largest absolute Gasteiger partial charge is 0.315 e. The Kier molecular flexibility index (Phi) is 5.84. The summed E-state index contributed by atoms with van der Waals surface area (Å²) in [4.78, 5) is 42.3. The topological polar surface area (TPSA) is 87.5 Å². The van der Waals surface area contributed by atoms with Crippen LogP contribution in [0.25, 0.3) is 5.69 Å². The number of aromatic nitrogens is 2. The minimum atomic E-state index is -0.721. The molecule has 1 unspecified atom stereocenters. The molecule has 2 aromatic carbocycles. The fourth-order valence-corrected chi connectivity index (χ4v) is 5.22. The van der Waals surface area contributed by atoms with Crippen LogP contribution in [0.3, 0.4) is 0 Å². The van der Waals surface area contributed by atoms with E-state index >= 15 is 0 Å². The van der Waals surface area contributed by atoms with Crippen molar-refractivity contribution in [3.05, 3.63) is 70.9 Å². The first-order valence-electron chi connectivity index (χ1n) is 11.6. The molecule has 0 spiro atoms. The molecule has 35 heavy (non-hydrogen) atoms. The molecule has 0 saturated carbocycles. The van der Waals surface area contributed by atoms with Gasteiger partial charge < -0.3 is 10.2 Å². The molecule has 1 atom stereocenters. The zero-order chi connectivity index (χ0) is 24.7. The number of para-hydroxylation sites is 1. The highest BCUT2D eigenvalue weighted by molar-refractivity contribution is 6.30. The highest BCUT2D eigenvalue weighted by atomic mass is 35.5. The Morgan fingerprint density at radius 1 is 1.14 bits per heavy atom. The second-order valence-corrected chi connectivity index (χ2v) is 9.57. The maximum absolute atomic E-state index is 13.3. The summed E-state index contributed by atoms with van der Waals surface area (Å²) in [5.41, 5.74) is 1.97. The predicted molar refractivity (Wildman–Crippen MR) is 134 cm³/mol. The SMILES string of the molecule is Cc1cc(NC(=O)CCCN2C(=O)c3ccccc3N3C(=O)CCC23C)n(-c2cccc(Cl)c2)n1. The van der Waals surface area contributed by atoms with Gasteiger partial charge in [-0.15, -0.1) is 0 Å². The third-order valence-corrected chi connectivity index (χ3v) is 6.92. The van der Waals surface area contributed by atoms with Crippen molar-refractivity contribution in [2.24, 2.45) is 0 Å². The Balaban J connectivity index is 1.28. The minimum Gasteiger partial charge on any atom is -0.315 e. The van der Waals surface area contributed by atoms with Crippen molar-refractivity contribution in [3.63, 3.8) is 0 Å². The summed E-state index contributed by atoms with van der Waals surface area (Å²) < 4.78 is 1.65. The number of nitrogens with zero attached hydrogens (tertiary/aromatic N) is 4. The monoisotopic (exact) mass is 491 g/mol. The number of anilines is 2. The molecule has 180 valence electrons. The summed E-state index contributed by atoms with van der Waals surface area (Å²) >= 11 is 6.12. The van der Waals surface area contributed by atoms with Crippen LogP contribution >= 0.6 is 11.6 Å². The van der Waals surface area contributed by atoms with E-state index in [0.717, 1.165) is 11.4 Å². The molecule has 3 amide bonds. The highest BCUT2D eigenvalue weighted by Crippen LogP contribution is 2.44. The van der Waals surface area contributed by atoms with Gasteiger partial charge in [0.15, 0.2) is 0 Å². The van der Waals surface area contributed by atoms with E-state index in [2.05, 4.69) is 10.4 Å². The van der Waals surface area contributed by atoms with E-state index in [-0.39, 0.29) is 24.1 Å². The number of rotatable bonds is 6. The molecule has 2 aliphatic rings. The Morgan fingerprint density at radius 3 is 2.74 bits per heavy atom. The highest BCUT2D eigenvalue weighted by Gasteiger charge is 2.52. The lowest BCUT2D eigenvalue weighted by Crippen LogP contribution is -2.62. The molecule has 0 aliphatic carbocycles. The first-order chi connectivity index (χ1) is 16.8. The molecule has 0 bridgehead atoms. The van der Waals surface area contributed by atoms with Crippen LogP contribution in [-0.2, 0) is 9.59 Å². The van der Waals surface area contributed by atoms with E-state index in [1.54, 1.807) is 44.8 Å². The fraction of sp³-hybridized carbons (Fsp3) is 0.308. The maximum atomic E-state index is 13.3. The second-order valence-electron chi connectivity index (χ2n) is 9.13. The molecular formula is C26H26ClN5O3. The van der Waals surface area contributed by atoms with E-state index in [4.69, 9.17) is 11.6 Å². The van der Waals surface area contributed by atoms with Crippen LogP contribution in [-0.4, -0.2) is 44.6 Å². The molecule has 0 radical (unpaired) electrons. The number of hydrogen-bond acceptors (Lipinski definition) is 4. The van der Waals surface area contributed by atoms with Gasteiger partial charge in [0, 0.05) is 30.5 Å². The van der Waals surface area contributed by atoms with Gasteiger partial charge in [-0.1, -0.05) is 29.8 Å². The zero-order valence-electron chi connectivity index (χ0n) is 19.6. The minimum absolute atomic E-state index is 0.0137. The van der Waals surface area contributed by atoms with E-state index < -0.39 is 5.66 Å². The Bertz CT molecular complexity index is 1340. The average molecular weight is 492 g/mol. The van der Waals surface area contributed by atoms with Crippen molar-refractivity contribution >= 4 is 40.8 Å². The van der Waals surface area contributed by atoms with Crippen LogP contribution < -0.4 is 10.2 Å². The molecule has 5 rings (SSSR count). The molecule has 3 aromatic rings. The number of carbonyl (C=O) groups excluding carboxylic acids is 3. The normalized spacial score (nSPS) is 19.1. The molecule has 1 saturated heterocycles. The van der Waals surface area contributed by atoms with E-state index in [1.165, 1.54) is 0 Å². The number of aryl methyl sites for hydroxylation is 1. The lowest BCUT2D eigenvalue weighted by Gasteiger charge is -2.48. The third kappa shape index (κ3) is 4.08. The summed E-state index contributed by atoms with van der Waals surface area (Å²) in [5, 5.41) is 7.97. The van der Waals surface area contributed by atoms with Crippen molar-refractivity contribution in [3.8, 4) is 5.69 Å². The summed E-state index contributed by atoms with van der Waals surface area (Å²) in [7, 11) is 0. The number of fused-ring (bicyclic) bond motifs is 3. The van der Waals surface area contributed by atoms with Crippen LogP contribution in [0.4, 0.5) is 11.5 Å². The van der Waals surface area contributed by atoms with Crippen LogP contribution in [0.2, 0.25) is 5.02 Å². The zero-order valence-corrected chi connectivity index (χ0v) is 20.4. The average Bonchev–Trinajstić information content (AvgIpc) is 3.35. The summed E-state index contributed by atoms with van der Waals surface area (Å²) in [6.07, 6.45) is 1.63. The molecule has 1 aromatic heterocycles. The van der Waals surface area contributed by atoms with E-state index in [9.17, 15) is 14.4 Å². The van der Waals surface area contributed by atoms with Crippen molar-refractivity contribution in [2.75, 3.05) is 16.8 Å². The van der Waals surface area contributed by atoms with E-state index in [0.29, 0.717) is 47.9 Å². The van der Waals surface area contributed by atoms with E-state index in [1.807, 2.05) is 38.1 Å². The van der Waals surface area contributed by atoms with Gasteiger partial charge >= 0.3 is 0 Å². The van der Waals surface area contributed by atoms with Gasteiger partial charge in [-0.3, -0.25) is 19.3 Å². The number of halogens is 1. The first kappa shape index (κ1) is 23.1. The van der Waals surface area contributed by atoms with Crippen LogP contribution in [0.5, 0.6) is 0 Å². The van der Waals surface area contributed by atoms with Crippen molar-refractivity contribution < 1.29 is 14.4 Å². The Labute approximate surface area is 208 Å². The molecule has 3 heterocycles. The lowest BCUT2D eigenvalue weighted by molar-refractivity contribution is -0.118. The van der Waals surface area contributed by atoms with Crippen LogP contribution in [0.15, 0.2) is 54.6 Å². The van der Waals surface area contributed by atoms with Gasteiger partial charge in [0.1, 0.15) is 11.5 Å². The molecular weight excluding hydrogens is 466 g/mol. The Hall–Kier alpha value is -3.65. The molecule has 9 heteroatoms. The molecule has 2 aliphatic heterocycles. The fourth-order valence-electron chi connectivity index (χ4n) is 5.04. The summed E-state index contributed by atoms with van der Waals surface area (Å²) in [6, 6.07) is 16.3. The summed E-state index contributed by atoms with van der Waals surface area (Å²) in [6.45, 7) is 4.15. The smallest absolute Gasteiger partial charge is 0.257 e.